The molecule has 5 heteroatoms. The molecule has 4 nitrogen and oxygen atoms in total. The number of hydrogen-bond acceptors (Lipinski definition) is 4. The Morgan fingerprint density at radius 1 is 1.24 bits per heavy atom. The molecule has 0 spiro atoms. The molecule has 21 heavy (non-hydrogen) atoms. The minimum Gasteiger partial charge on any atom is -0.377 e. The fourth-order valence-electron chi connectivity index (χ4n) is 2.99. The molecule has 1 fully saturated rings. The lowest BCUT2D eigenvalue weighted by Gasteiger charge is -2.25. The van der Waals surface area contributed by atoms with E-state index in [0.29, 0.717) is 5.56 Å². The third kappa shape index (κ3) is 3.80. The molecule has 1 saturated heterocycles. The van der Waals surface area contributed by atoms with Crippen LogP contribution in [-0.2, 0) is 9.47 Å². The van der Waals surface area contributed by atoms with E-state index < -0.39 is 0 Å². The topological polar surface area (TPSA) is 47.7 Å². The van der Waals surface area contributed by atoms with Crippen LogP contribution in [0.25, 0.3) is 0 Å². The fraction of sp³-hybridized carbons (Fsp3) is 0.625. The van der Waals surface area contributed by atoms with Gasteiger partial charge in [0.05, 0.1) is 12.2 Å². The number of nitrogens with zero attached hydrogens (tertiary/aromatic N) is 1. The molecule has 4 atom stereocenters. The monoisotopic (exact) mass is 296 g/mol. The zero-order valence-electron chi connectivity index (χ0n) is 13.0. The number of rotatable bonds is 6. The first-order valence-corrected chi connectivity index (χ1v) is 7.34. The lowest BCUT2D eigenvalue weighted by atomic mass is 9.94. The Morgan fingerprint density at radius 3 is 2.33 bits per heavy atom. The van der Waals surface area contributed by atoms with Gasteiger partial charge in [-0.15, -0.1) is 0 Å². The lowest BCUT2D eigenvalue weighted by Crippen LogP contribution is -2.33. The van der Waals surface area contributed by atoms with E-state index in [1.165, 1.54) is 6.07 Å². The first-order valence-electron chi connectivity index (χ1n) is 7.34. The first-order chi connectivity index (χ1) is 10.1. The smallest absolute Gasteiger partial charge is 0.127 e. The Bertz CT molecular complexity index is 446. The molecule has 4 unspecified atom stereocenters. The van der Waals surface area contributed by atoms with Crippen molar-refractivity contribution in [2.75, 3.05) is 33.9 Å². The summed E-state index contributed by atoms with van der Waals surface area (Å²) in [7, 11) is 3.41. The van der Waals surface area contributed by atoms with Gasteiger partial charge in [0.1, 0.15) is 5.82 Å². The van der Waals surface area contributed by atoms with Crippen LogP contribution in [0.2, 0.25) is 0 Å². The number of nitrogens with two attached hydrogens (primary N) is 1. The Balaban J connectivity index is 1.96. The molecule has 0 aliphatic carbocycles. The van der Waals surface area contributed by atoms with Gasteiger partial charge in [-0.3, -0.25) is 4.90 Å². The molecule has 1 heterocycles. The molecule has 1 aromatic rings. The summed E-state index contributed by atoms with van der Waals surface area (Å²) in [5.41, 5.74) is 6.80. The second-order valence-corrected chi connectivity index (χ2v) is 5.79. The summed E-state index contributed by atoms with van der Waals surface area (Å²) in [6.45, 7) is 4.50. The van der Waals surface area contributed by atoms with E-state index in [4.69, 9.17) is 15.2 Å². The molecule has 0 bridgehead atoms. The van der Waals surface area contributed by atoms with Crippen LogP contribution in [0.15, 0.2) is 24.3 Å². The predicted molar refractivity (Wildman–Crippen MR) is 80.5 cm³/mol. The van der Waals surface area contributed by atoms with Crippen molar-refractivity contribution >= 4 is 0 Å². The van der Waals surface area contributed by atoms with Crippen molar-refractivity contribution in [2.45, 2.75) is 25.2 Å². The number of ether oxygens (including phenoxy) is 2. The highest BCUT2D eigenvalue weighted by molar-refractivity contribution is 5.21. The molecular formula is C16H25FN2O2. The Morgan fingerprint density at radius 2 is 1.81 bits per heavy atom. The zero-order chi connectivity index (χ0) is 15.4. The summed E-state index contributed by atoms with van der Waals surface area (Å²) in [4.78, 5) is 2.27. The van der Waals surface area contributed by atoms with Crippen molar-refractivity contribution < 1.29 is 13.9 Å². The highest BCUT2D eigenvalue weighted by atomic mass is 19.1. The molecular weight excluding hydrogens is 271 g/mol. The van der Waals surface area contributed by atoms with Gasteiger partial charge in [-0.2, -0.15) is 0 Å². The van der Waals surface area contributed by atoms with Crippen LogP contribution in [0, 0.1) is 11.7 Å². The van der Waals surface area contributed by atoms with E-state index in [1.807, 2.05) is 6.07 Å². The van der Waals surface area contributed by atoms with Crippen LogP contribution in [0.4, 0.5) is 4.39 Å². The minimum absolute atomic E-state index is 0.0897. The summed E-state index contributed by atoms with van der Waals surface area (Å²) < 4.78 is 24.7. The molecule has 1 aliphatic heterocycles. The number of hydrogen-bond donors (Lipinski definition) is 1. The van der Waals surface area contributed by atoms with E-state index in [1.54, 1.807) is 26.4 Å². The highest BCUT2D eigenvalue weighted by Gasteiger charge is 2.34. The van der Waals surface area contributed by atoms with E-state index in [2.05, 4.69) is 11.8 Å². The molecule has 0 aromatic heterocycles. The summed E-state index contributed by atoms with van der Waals surface area (Å²) in [5, 5.41) is 0. The molecule has 1 aromatic carbocycles. The standard InChI is InChI=1S/C16H25FN2O2/c1-11(16(18)12-6-4-5-7-13(12)17)8-19-9-14(20-2)15(10-19)21-3/h4-7,11,14-16H,8-10,18H2,1-3H3. The number of benzene rings is 1. The third-order valence-corrected chi connectivity index (χ3v) is 4.32. The second kappa shape index (κ2) is 7.31. The van der Waals surface area contributed by atoms with Gasteiger partial charge in [0, 0.05) is 45.5 Å². The largest absolute Gasteiger partial charge is 0.377 e. The average Bonchev–Trinajstić information content (AvgIpc) is 2.89. The van der Waals surface area contributed by atoms with E-state index in [9.17, 15) is 4.39 Å². The molecule has 0 saturated carbocycles. The van der Waals surface area contributed by atoms with Gasteiger partial charge >= 0.3 is 0 Å². The normalized spacial score (nSPS) is 26.0. The first kappa shape index (κ1) is 16.4. The Labute approximate surface area is 126 Å². The van der Waals surface area contributed by atoms with E-state index in [-0.39, 0.29) is 30.0 Å². The van der Waals surface area contributed by atoms with Crippen LogP contribution >= 0.6 is 0 Å². The summed E-state index contributed by atoms with van der Waals surface area (Å²) in [5.74, 6) is -0.0854. The van der Waals surface area contributed by atoms with E-state index in [0.717, 1.165) is 19.6 Å². The van der Waals surface area contributed by atoms with Crippen LogP contribution in [0.5, 0.6) is 0 Å². The summed E-state index contributed by atoms with van der Waals surface area (Å²) in [6.07, 6.45) is 0.179. The fourth-order valence-corrected chi connectivity index (χ4v) is 2.99. The van der Waals surface area contributed by atoms with Crippen LogP contribution in [0.3, 0.4) is 0 Å². The zero-order valence-corrected chi connectivity index (χ0v) is 13.0. The van der Waals surface area contributed by atoms with Crippen LogP contribution in [-0.4, -0.2) is 51.0 Å². The summed E-state index contributed by atoms with van der Waals surface area (Å²) >= 11 is 0. The summed E-state index contributed by atoms with van der Waals surface area (Å²) in [6, 6.07) is 6.41. The maximum absolute atomic E-state index is 13.8. The van der Waals surface area contributed by atoms with Crippen molar-refractivity contribution in [3.8, 4) is 0 Å². The van der Waals surface area contributed by atoms with Crippen molar-refractivity contribution in [1.29, 1.82) is 0 Å². The van der Waals surface area contributed by atoms with Gasteiger partial charge in [-0.25, -0.2) is 4.39 Å². The van der Waals surface area contributed by atoms with Crippen molar-refractivity contribution in [3.05, 3.63) is 35.6 Å². The molecule has 2 N–H and O–H groups in total. The third-order valence-electron chi connectivity index (χ3n) is 4.32. The van der Waals surface area contributed by atoms with Crippen molar-refractivity contribution in [3.63, 3.8) is 0 Å². The highest BCUT2D eigenvalue weighted by Crippen LogP contribution is 2.25. The predicted octanol–water partition coefficient (Wildman–Crippen LogP) is 1.81. The van der Waals surface area contributed by atoms with Gasteiger partial charge in [-0.05, 0) is 12.0 Å². The lowest BCUT2D eigenvalue weighted by molar-refractivity contribution is -0.00461. The van der Waals surface area contributed by atoms with Gasteiger partial charge < -0.3 is 15.2 Å². The van der Waals surface area contributed by atoms with Gasteiger partial charge in [0.15, 0.2) is 0 Å². The van der Waals surface area contributed by atoms with Crippen LogP contribution in [0.1, 0.15) is 18.5 Å². The number of methoxy groups -OCH3 is 2. The van der Waals surface area contributed by atoms with Crippen molar-refractivity contribution in [2.24, 2.45) is 11.7 Å². The minimum atomic E-state index is -0.311. The Kier molecular flexibility index (Phi) is 5.70. The second-order valence-electron chi connectivity index (χ2n) is 5.79. The van der Waals surface area contributed by atoms with Crippen molar-refractivity contribution in [1.82, 2.24) is 4.90 Å². The quantitative estimate of drug-likeness (QED) is 0.870. The molecule has 0 amide bonds. The maximum Gasteiger partial charge on any atom is 0.127 e. The Hall–Kier alpha value is -1.01. The van der Waals surface area contributed by atoms with Gasteiger partial charge in [0.25, 0.3) is 0 Å². The molecule has 0 radical (unpaired) electrons. The molecule has 1 aliphatic rings. The van der Waals surface area contributed by atoms with Gasteiger partial charge in [0.2, 0.25) is 0 Å². The number of halogens is 1. The van der Waals surface area contributed by atoms with Gasteiger partial charge in [-0.1, -0.05) is 25.1 Å². The molecule has 118 valence electrons. The average molecular weight is 296 g/mol. The number of likely N-dealkylation sites (tertiary alicyclic amines) is 1. The molecule has 2 rings (SSSR count). The maximum atomic E-state index is 13.8. The SMILES string of the molecule is COC1CN(CC(C)C(N)c2ccccc2F)CC1OC. The van der Waals surface area contributed by atoms with E-state index >= 15 is 0 Å². The van der Waals surface area contributed by atoms with Crippen LogP contribution < -0.4 is 5.73 Å².